The van der Waals surface area contributed by atoms with Gasteiger partial charge in [-0.25, -0.2) is 0 Å². The molecule has 0 spiro atoms. The standard InChI is InChI=1S/C14H25NO/c1-5-11(10-15)14(16)8-6-12(7-9-14)13(2,3)4/h11-12,16H,5-9H2,1-4H3. The van der Waals surface area contributed by atoms with Crippen molar-refractivity contribution in [3.8, 4) is 6.07 Å². The van der Waals surface area contributed by atoms with Crippen LogP contribution in [-0.2, 0) is 0 Å². The van der Waals surface area contributed by atoms with Gasteiger partial charge < -0.3 is 5.11 Å². The Balaban J connectivity index is 2.64. The van der Waals surface area contributed by atoms with Gasteiger partial charge in [0.1, 0.15) is 0 Å². The van der Waals surface area contributed by atoms with E-state index in [2.05, 4.69) is 26.8 Å². The van der Waals surface area contributed by atoms with Gasteiger partial charge >= 0.3 is 0 Å². The molecule has 1 rings (SSSR count). The summed E-state index contributed by atoms with van der Waals surface area (Å²) in [5.74, 6) is 0.498. The molecule has 0 aliphatic heterocycles. The van der Waals surface area contributed by atoms with E-state index in [-0.39, 0.29) is 5.92 Å². The van der Waals surface area contributed by atoms with Gasteiger partial charge in [0.15, 0.2) is 0 Å². The Morgan fingerprint density at radius 3 is 2.19 bits per heavy atom. The minimum atomic E-state index is -0.717. The van der Waals surface area contributed by atoms with Crippen molar-refractivity contribution >= 4 is 0 Å². The van der Waals surface area contributed by atoms with Gasteiger partial charge in [-0.05, 0) is 43.4 Å². The molecule has 92 valence electrons. The van der Waals surface area contributed by atoms with Crippen LogP contribution < -0.4 is 0 Å². The minimum absolute atomic E-state index is 0.187. The molecule has 0 bridgehead atoms. The number of hydrogen-bond donors (Lipinski definition) is 1. The van der Waals surface area contributed by atoms with Crippen LogP contribution in [0.15, 0.2) is 0 Å². The Bertz CT molecular complexity index is 263. The van der Waals surface area contributed by atoms with Gasteiger partial charge in [0, 0.05) is 0 Å². The highest BCUT2D eigenvalue weighted by Gasteiger charge is 2.41. The van der Waals surface area contributed by atoms with E-state index in [1.807, 2.05) is 6.92 Å². The molecule has 0 amide bonds. The SMILES string of the molecule is CCC(C#N)C1(O)CCC(C(C)(C)C)CC1. The maximum absolute atomic E-state index is 10.5. The molecule has 0 radical (unpaired) electrons. The minimum Gasteiger partial charge on any atom is -0.389 e. The van der Waals surface area contributed by atoms with Crippen molar-refractivity contribution < 1.29 is 5.11 Å². The van der Waals surface area contributed by atoms with Crippen molar-refractivity contribution in [2.45, 2.75) is 65.4 Å². The summed E-state index contributed by atoms with van der Waals surface area (Å²) in [5.41, 5.74) is -0.388. The average molecular weight is 223 g/mol. The van der Waals surface area contributed by atoms with Crippen LogP contribution in [0.25, 0.3) is 0 Å². The van der Waals surface area contributed by atoms with Crippen LogP contribution in [0.5, 0.6) is 0 Å². The predicted molar refractivity (Wildman–Crippen MR) is 65.8 cm³/mol. The zero-order chi connectivity index (χ0) is 12.4. The highest BCUT2D eigenvalue weighted by atomic mass is 16.3. The summed E-state index contributed by atoms with van der Waals surface area (Å²) in [4.78, 5) is 0. The van der Waals surface area contributed by atoms with Crippen LogP contribution in [0.4, 0.5) is 0 Å². The van der Waals surface area contributed by atoms with Crippen LogP contribution in [0.3, 0.4) is 0 Å². The molecular weight excluding hydrogens is 198 g/mol. The lowest BCUT2D eigenvalue weighted by molar-refractivity contribution is -0.0547. The van der Waals surface area contributed by atoms with Crippen molar-refractivity contribution in [2.75, 3.05) is 0 Å². The fourth-order valence-corrected chi connectivity index (χ4v) is 2.92. The van der Waals surface area contributed by atoms with Crippen molar-refractivity contribution in [2.24, 2.45) is 17.3 Å². The van der Waals surface area contributed by atoms with Gasteiger partial charge in [0.05, 0.1) is 17.6 Å². The number of hydrogen-bond acceptors (Lipinski definition) is 2. The van der Waals surface area contributed by atoms with Crippen LogP contribution in [-0.4, -0.2) is 10.7 Å². The third kappa shape index (κ3) is 2.77. The quantitative estimate of drug-likeness (QED) is 0.778. The van der Waals surface area contributed by atoms with Crippen molar-refractivity contribution in [3.05, 3.63) is 0 Å². The van der Waals surface area contributed by atoms with E-state index in [9.17, 15) is 5.11 Å². The van der Waals surface area contributed by atoms with Crippen LogP contribution >= 0.6 is 0 Å². The maximum atomic E-state index is 10.5. The van der Waals surface area contributed by atoms with E-state index in [1.54, 1.807) is 0 Å². The lowest BCUT2D eigenvalue weighted by atomic mass is 9.65. The van der Waals surface area contributed by atoms with E-state index in [4.69, 9.17) is 5.26 Å². The third-order valence-electron chi connectivity index (χ3n) is 4.29. The van der Waals surface area contributed by atoms with E-state index < -0.39 is 5.60 Å². The zero-order valence-electron chi connectivity index (χ0n) is 11.1. The predicted octanol–water partition coefficient (Wildman–Crippen LogP) is 3.50. The summed E-state index contributed by atoms with van der Waals surface area (Å²) in [6, 6.07) is 2.27. The smallest absolute Gasteiger partial charge is 0.0805 e. The lowest BCUT2D eigenvalue weighted by Gasteiger charge is -2.43. The Labute approximate surface area is 99.7 Å². The molecule has 1 aliphatic carbocycles. The molecular formula is C14H25NO. The summed E-state index contributed by atoms with van der Waals surface area (Å²) < 4.78 is 0. The highest BCUT2D eigenvalue weighted by molar-refractivity contribution is 5.01. The molecule has 1 N–H and O–H groups in total. The molecule has 0 aromatic carbocycles. The van der Waals surface area contributed by atoms with E-state index in [0.717, 1.165) is 32.1 Å². The molecule has 16 heavy (non-hydrogen) atoms. The molecule has 1 atom stereocenters. The van der Waals surface area contributed by atoms with Crippen LogP contribution in [0, 0.1) is 28.6 Å². The van der Waals surface area contributed by atoms with E-state index in [1.165, 1.54) is 0 Å². The first-order chi connectivity index (χ1) is 7.33. The van der Waals surface area contributed by atoms with Gasteiger partial charge in [0.25, 0.3) is 0 Å². The Kier molecular flexibility index (Phi) is 4.02. The van der Waals surface area contributed by atoms with Crippen molar-refractivity contribution in [3.63, 3.8) is 0 Å². The first-order valence-electron chi connectivity index (χ1n) is 6.45. The molecule has 0 heterocycles. The molecule has 0 aromatic heterocycles. The second-order valence-electron chi connectivity index (χ2n) is 6.33. The maximum Gasteiger partial charge on any atom is 0.0805 e. The van der Waals surface area contributed by atoms with Crippen LogP contribution in [0.1, 0.15) is 59.8 Å². The molecule has 1 aliphatic rings. The molecule has 1 saturated carbocycles. The van der Waals surface area contributed by atoms with Crippen LogP contribution in [0.2, 0.25) is 0 Å². The van der Waals surface area contributed by atoms with Crippen molar-refractivity contribution in [1.82, 2.24) is 0 Å². The number of nitriles is 1. The highest BCUT2D eigenvalue weighted by Crippen LogP contribution is 2.44. The fourth-order valence-electron chi connectivity index (χ4n) is 2.92. The van der Waals surface area contributed by atoms with Gasteiger partial charge in [0.2, 0.25) is 0 Å². The summed E-state index contributed by atoms with van der Waals surface area (Å²) in [7, 11) is 0. The molecule has 1 fully saturated rings. The molecule has 0 aromatic rings. The molecule has 2 heteroatoms. The largest absolute Gasteiger partial charge is 0.389 e. The Morgan fingerprint density at radius 1 is 1.38 bits per heavy atom. The first kappa shape index (κ1) is 13.5. The average Bonchev–Trinajstić information content (AvgIpc) is 2.18. The second-order valence-corrected chi connectivity index (χ2v) is 6.33. The Morgan fingerprint density at radius 2 is 1.88 bits per heavy atom. The molecule has 1 unspecified atom stereocenters. The van der Waals surface area contributed by atoms with E-state index >= 15 is 0 Å². The summed E-state index contributed by atoms with van der Waals surface area (Å²) in [6.07, 6.45) is 4.45. The summed E-state index contributed by atoms with van der Waals surface area (Å²) >= 11 is 0. The Hall–Kier alpha value is -0.550. The zero-order valence-corrected chi connectivity index (χ0v) is 11.1. The summed E-state index contributed by atoms with van der Waals surface area (Å²) in [6.45, 7) is 8.79. The number of aliphatic hydroxyl groups is 1. The van der Waals surface area contributed by atoms with Crippen molar-refractivity contribution in [1.29, 1.82) is 5.26 Å². The van der Waals surface area contributed by atoms with Gasteiger partial charge in [-0.1, -0.05) is 27.7 Å². The normalized spacial score (nSPS) is 33.1. The fraction of sp³-hybridized carbons (Fsp3) is 0.929. The van der Waals surface area contributed by atoms with Gasteiger partial charge in [-0.2, -0.15) is 5.26 Å². The topological polar surface area (TPSA) is 44.0 Å². The van der Waals surface area contributed by atoms with E-state index in [0.29, 0.717) is 11.3 Å². The third-order valence-corrected chi connectivity index (χ3v) is 4.29. The summed E-state index contributed by atoms with van der Waals surface area (Å²) in [5, 5.41) is 19.6. The lowest BCUT2D eigenvalue weighted by Crippen LogP contribution is -2.42. The number of rotatable bonds is 2. The molecule has 2 nitrogen and oxygen atoms in total. The number of nitrogens with zero attached hydrogens (tertiary/aromatic N) is 1. The van der Waals surface area contributed by atoms with Gasteiger partial charge in [-0.15, -0.1) is 0 Å². The monoisotopic (exact) mass is 223 g/mol. The van der Waals surface area contributed by atoms with Gasteiger partial charge in [-0.3, -0.25) is 0 Å². The second kappa shape index (κ2) is 4.75. The first-order valence-corrected chi connectivity index (χ1v) is 6.45. The molecule has 0 saturated heterocycles.